The number of carbonyl (C=O) groups excluding carboxylic acids is 1. The molecule has 5 nitrogen and oxygen atoms in total. The molecule has 1 aliphatic heterocycles. The van der Waals surface area contributed by atoms with Crippen molar-refractivity contribution >= 4 is 17.5 Å². The average molecular weight is 329 g/mol. The number of hydrogen-bond acceptors (Lipinski definition) is 4. The molecule has 22 heavy (non-hydrogen) atoms. The van der Waals surface area contributed by atoms with Crippen LogP contribution in [0.15, 0.2) is 4.52 Å². The molecule has 0 radical (unpaired) electrons. The molecule has 0 unspecified atom stereocenters. The van der Waals surface area contributed by atoms with Crippen LogP contribution in [0, 0.1) is 18.3 Å². The van der Waals surface area contributed by atoms with Gasteiger partial charge in [0, 0.05) is 24.6 Å². The second kappa shape index (κ2) is 7.01. The molecular formula is C16H25ClN2O3. The minimum atomic E-state index is -0.0635. The fraction of sp³-hybridized carbons (Fsp3) is 0.750. The Morgan fingerprint density at radius 2 is 2.18 bits per heavy atom. The molecule has 1 aromatic rings. The van der Waals surface area contributed by atoms with Crippen molar-refractivity contribution in [3.63, 3.8) is 0 Å². The van der Waals surface area contributed by atoms with Gasteiger partial charge >= 0.3 is 0 Å². The van der Waals surface area contributed by atoms with Crippen LogP contribution in [0.1, 0.15) is 44.9 Å². The van der Waals surface area contributed by atoms with Crippen LogP contribution in [-0.2, 0) is 16.0 Å². The molecule has 2 rings (SSSR count). The zero-order valence-electron chi connectivity index (χ0n) is 13.7. The number of carbonyl (C=O) groups is 1. The van der Waals surface area contributed by atoms with Crippen molar-refractivity contribution in [1.82, 2.24) is 10.5 Å². The first-order valence-electron chi connectivity index (χ1n) is 7.78. The van der Waals surface area contributed by atoms with Crippen LogP contribution in [0.5, 0.6) is 0 Å². The third-order valence-corrected chi connectivity index (χ3v) is 4.43. The van der Waals surface area contributed by atoms with Crippen molar-refractivity contribution in [2.75, 3.05) is 13.2 Å². The molecule has 1 aliphatic rings. The number of nitrogens with zero attached hydrogens (tertiary/aromatic N) is 1. The summed E-state index contributed by atoms with van der Waals surface area (Å²) >= 11 is 5.89. The van der Waals surface area contributed by atoms with Crippen molar-refractivity contribution in [3.05, 3.63) is 16.5 Å². The number of rotatable bonds is 4. The van der Waals surface area contributed by atoms with Gasteiger partial charge in [0.15, 0.2) is 0 Å². The molecule has 1 N–H and O–H groups in total. The second-order valence-electron chi connectivity index (χ2n) is 7.06. The van der Waals surface area contributed by atoms with Crippen molar-refractivity contribution in [2.24, 2.45) is 11.3 Å². The van der Waals surface area contributed by atoms with E-state index < -0.39 is 0 Å². The summed E-state index contributed by atoms with van der Waals surface area (Å²) in [5.41, 5.74) is 1.39. The molecule has 0 aromatic carbocycles. The van der Waals surface area contributed by atoms with E-state index in [4.69, 9.17) is 20.9 Å². The van der Waals surface area contributed by atoms with E-state index in [1.165, 1.54) is 0 Å². The lowest BCUT2D eigenvalue weighted by Gasteiger charge is -2.40. The molecule has 124 valence electrons. The molecule has 0 saturated carbocycles. The summed E-state index contributed by atoms with van der Waals surface area (Å²) in [6.07, 6.45) is 2.49. The van der Waals surface area contributed by atoms with E-state index in [9.17, 15) is 4.79 Å². The third kappa shape index (κ3) is 4.23. The summed E-state index contributed by atoms with van der Waals surface area (Å²) in [5.74, 6) is 0.281. The van der Waals surface area contributed by atoms with Gasteiger partial charge in [0.2, 0.25) is 11.1 Å². The van der Waals surface area contributed by atoms with E-state index in [1.54, 1.807) is 6.92 Å². The number of nitrogens with one attached hydrogen (secondary N) is 1. The van der Waals surface area contributed by atoms with E-state index in [0.29, 0.717) is 23.7 Å². The minimum Gasteiger partial charge on any atom is -0.377 e. The monoisotopic (exact) mass is 328 g/mol. The highest BCUT2D eigenvalue weighted by Crippen LogP contribution is 2.33. The largest absolute Gasteiger partial charge is 0.377 e. The standard InChI is InChI=1S/C16H25ClN2O3/c1-10-12(15(17)22-19-10)8-13(20)18-9-11-6-5-7-21-14(11)16(2,3)4/h11,14H,5-9H2,1-4H3,(H,18,20)/t11-,14-/m1/s1. The Morgan fingerprint density at radius 1 is 1.45 bits per heavy atom. The first-order chi connectivity index (χ1) is 10.3. The summed E-state index contributed by atoms with van der Waals surface area (Å²) in [4.78, 5) is 12.1. The van der Waals surface area contributed by atoms with Crippen LogP contribution in [0.25, 0.3) is 0 Å². The molecule has 2 heterocycles. The van der Waals surface area contributed by atoms with Gasteiger partial charge in [0.25, 0.3) is 0 Å². The van der Waals surface area contributed by atoms with Gasteiger partial charge in [-0.15, -0.1) is 0 Å². The maximum absolute atomic E-state index is 12.1. The average Bonchev–Trinajstić information content (AvgIpc) is 2.76. The molecule has 0 bridgehead atoms. The number of aryl methyl sites for hydroxylation is 1. The van der Waals surface area contributed by atoms with E-state index in [-0.39, 0.29) is 29.1 Å². The van der Waals surface area contributed by atoms with Gasteiger partial charge in [-0.2, -0.15) is 0 Å². The van der Waals surface area contributed by atoms with E-state index in [0.717, 1.165) is 19.4 Å². The minimum absolute atomic E-state index is 0.0635. The number of hydrogen-bond donors (Lipinski definition) is 1. The Morgan fingerprint density at radius 3 is 2.77 bits per heavy atom. The van der Waals surface area contributed by atoms with E-state index in [1.807, 2.05) is 0 Å². The SMILES string of the molecule is Cc1noc(Cl)c1CC(=O)NC[C@H]1CCCO[C@H]1C(C)(C)C. The molecule has 1 aromatic heterocycles. The Hall–Kier alpha value is -1.07. The fourth-order valence-electron chi connectivity index (χ4n) is 3.04. The molecule has 1 fully saturated rings. The quantitative estimate of drug-likeness (QED) is 0.922. The highest BCUT2D eigenvalue weighted by molar-refractivity contribution is 6.29. The first kappa shape index (κ1) is 17.3. The molecule has 2 atom stereocenters. The lowest BCUT2D eigenvalue weighted by Crippen LogP contribution is -2.45. The van der Waals surface area contributed by atoms with Crippen LogP contribution in [-0.4, -0.2) is 30.3 Å². The van der Waals surface area contributed by atoms with Gasteiger partial charge in [-0.25, -0.2) is 0 Å². The van der Waals surface area contributed by atoms with Gasteiger partial charge in [-0.1, -0.05) is 25.9 Å². The maximum Gasteiger partial charge on any atom is 0.229 e. The second-order valence-corrected chi connectivity index (χ2v) is 7.40. The van der Waals surface area contributed by atoms with Gasteiger partial charge in [0.1, 0.15) is 0 Å². The molecule has 1 saturated heterocycles. The van der Waals surface area contributed by atoms with Crippen LogP contribution in [0.2, 0.25) is 5.22 Å². The Labute approximate surface area is 136 Å². The molecule has 0 spiro atoms. The summed E-state index contributed by atoms with van der Waals surface area (Å²) in [6.45, 7) is 9.75. The predicted molar refractivity (Wildman–Crippen MR) is 84.9 cm³/mol. The number of amides is 1. The van der Waals surface area contributed by atoms with Crippen LogP contribution < -0.4 is 5.32 Å². The number of aromatic nitrogens is 1. The smallest absolute Gasteiger partial charge is 0.229 e. The molecular weight excluding hydrogens is 304 g/mol. The normalized spacial score (nSPS) is 22.6. The van der Waals surface area contributed by atoms with Crippen LogP contribution in [0.3, 0.4) is 0 Å². The van der Waals surface area contributed by atoms with Crippen LogP contribution in [0.4, 0.5) is 0 Å². The fourth-order valence-corrected chi connectivity index (χ4v) is 3.27. The van der Waals surface area contributed by atoms with E-state index >= 15 is 0 Å². The van der Waals surface area contributed by atoms with Crippen molar-refractivity contribution in [2.45, 2.75) is 53.1 Å². The number of halogens is 1. The Bertz CT molecular complexity index is 502. The van der Waals surface area contributed by atoms with Gasteiger partial charge in [-0.05, 0) is 36.8 Å². The van der Waals surface area contributed by atoms with Crippen molar-refractivity contribution < 1.29 is 14.1 Å². The zero-order chi connectivity index (χ0) is 16.3. The highest BCUT2D eigenvalue weighted by Gasteiger charge is 2.35. The summed E-state index contributed by atoms with van der Waals surface area (Å²) in [5, 5.41) is 6.95. The van der Waals surface area contributed by atoms with Gasteiger partial charge in [0.05, 0.1) is 18.2 Å². The zero-order valence-corrected chi connectivity index (χ0v) is 14.5. The van der Waals surface area contributed by atoms with Crippen LogP contribution >= 0.6 is 11.6 Å². The van der Waals surface area contributed by atoms with E-state index in [2.05, 4.69) is 31.2 Å². The van der Waals surface area contributed by atoms with Crippen molar-refractivity contribution in [1.29, 1.82) is 0 Å². The number of ether oxygens (including phenoxy) is 1. The van der Waals surface area contributed by atoms with Crippen molar-refractivity contribution in [3.8, 4) is 0 Å². The predicted octanol–water partition coefficient (Wildman–Crippen LogP) is 3.14. The maximum atomic E-state index is 12.1. The van der Waals surface area contributed by atoms with Gasteiger partial charge < -0.3 is 14.6 Å². The molecule has 0 aliphatic carbocycles. The Balaban J connectivity index is 1.90. The Kier molecular flexibility index (Phi) is 5.50. The summed E-state index contributed by atoms with van der Waals surface area (Å²) in [6, 6.07) is 0. The lowest BCUT2D eigenvalue weighted by molar-refractivity contribution is -0.122. The topological polar surface area (TPSA) is 64.4 Å². The van der Waals surface area contributed by atoms with Gasteiger partial charge in [-0.3, -0.25) is 4.79 Å². The first-order valence-corrected chi connectivity index (χ1v) is 8.15. The third-order valence-electron chi connectivity index (χ3n) is 4.13. The molecule has 1 amide bonds. The summed E-state index contributed by atoms with van der Waals surface area (Å²) < 4.78 is 10.8. The molecule has 6 heteroatoms. The lowest BCUT2D eigenvalue weighted by atomic mass is 9.78. The highest BCUT2D eigenvalue weighted by atomic mass is 35.5. The summed E-state index contributed by atoms with van der Waals surface area (Å²) in [7, 11) is 0.